The van der Waals surface area contributed by atoms with Crippen LogP contribution in [0.25, 0.3) is 0 Å². The highest BCUT2D eigenvalue weighted by molar-refractivity contribution is 5.85. The Morgan fingerprint density at radius 3 is 2.79 bits per heavy atom. The van der Waals surface area contributed by atoms with Crippen molar-refractivity contribution in [2.24, 2.45) is 28.6 Å². The van der Waals surface area contributed by atoms with Crippen molar-refractivity contribution in [1.82, 2.24) is 0 Å². The molecular formula is C24H32O4. The van der Waals surface area contributed by atoms with Crippen molar-refractivity contribution in [3.63, 3.8) is 0 Å². The lowest BCUT2D eigenvalue weighted by Crippen LogP contribution is -2.53. The molecule has 0 amide bonds. The Morgan fingerprint density at radius 2 is 2.07 bits per heavy atom. The monoisotopic (exact) mass is 384 g/mol. The molecule has 4 aliphatic carbocycles. The molecule has 4 rings (SSSR count). The molecule has 0 bridgehead atoms. The van der Waals surface area contributed by atoms with Crippen LogP contribution in [0, 0.1) is 28.6 Å². The average Bonchev–Trinajstić information content (AvgIpc) is 2.96. The van der Waals surface area contributed by atoms with E-state index in [0.29, 0.717) is 30.6 Å². The Labute approximate surface area is 168 Å². The van der Waals surface area contributed by atoms with Gasteiger partial charge in [-0.2, -0.15) is 0 Å². The number of fused-ring (bicyclic) bond motifs is 5. The third-order valence-corrected chi connectivity index (χ3v) is 8.15. The molecule has 4 aliphatic rings. The van der Waals surface area contributed by atoms with Crippen LogP contribution in [0.5, 0.6) is 0 Å². The number of rotatable bonds is 3. The molecule has 0 aromatic heterocycles. The van der Waals surface area contributed by atoms with Crippen molar-refractivity contribution in [2.75, 3.05) is 13.7 Å². The van der Waals surface area contributed by atoms with Crippen LogP contribution in [0.2, 0.25) is 0 Å². The van der Waals surface area contributed by atoms with Gasteiger partial charge < -0.3 is 9.47 Å². The molecule has 0 unspecified atom stereocenters. The van der Waals surface area contributed by atoms with Gasteiger partial charge in [0.2, 0.25) is 0 Å². The second-order valence-corrected chi connectivity index (χ2v) is 9.51. The van der Waals surface area contributed by atoms with Crippen molar-refractivity contribution in [3.8, 4) is 0 Å². The van der Waals surface area contributed by atoms with Crippen LogP contribution in [0.3, 0.4) is 0 Å². The molecule has 152 valence electrons. The molecule has 0 heterocycles. The zero-order valence-corrected chi connectivity index (χ0v) is 17.5. The number of carbonyl (C=O) groups excluding carboxylic acids is 2. The first kappa shape index (κ1) is 19.5. The van der Waals surface area contributed by atoms with Crippen LogP contribution < -0.4 is 0 Å². The van der Waals surface area contributed by atoms with Gasteiger partial charge in [0, 0.05) is 31.1 Å². The number of allylic oxidation sites excluding steroid dienone is 5. The van der Waals surface area contributed by atoms with E-state index < -0.39 is 0 Å². The summed E-state index contributed by atoms with van der Waals surface area (Å²) in [7, 11) is 1.74. The maximum atomic E-state index is 13.5. The van der Waals surface area contributed by atoms with Gasteiger partial charge in [0.25, 0.3) is 0 Å². The van der Waals surface area contributed by atoms with Gasteiger partial charge in [0.1, 0.15) is 12.4 Å². The summed E-state index contributed by atoms with van der Waals surface area (Å²) in [5.41, 5.74) is 2.48. The molecule has 2 saturated carbocycles. The first-order valence-corrected chi connectivity index (χ1v) is 10.6. The van der Waals surface area contributed by atoms with Gasteiger partial charge in [-0.25, -0.2) is 0 Å². The summed E-state index contributed by atoms with van der Waals surface area (Å²) in [6, 6.07) is 0. The summed E-state index contributed by atoms with van der Waals surface area (Å²) < 4.78 is 10.6. The first-order valence-electron chi connectivity index (χ1n) is 10.6. The smallest absolute Gasteiger partial charge is 0.302 e. The lowest BCUT2D eigenvalue weighted by Gasteiger charge is -2.55. The molecule has 2 fully saturated rings. The molecule has 0 N–H and O–H groups in total. The molecular weight excluding hydrogens is 352 g/mol. The van der Waals surface area contributed by atoms with Gasteiger partial charge in [-0.15, -0.1) is 0 Å². The van der Waals surface area contributed by atoms with Crippen LogP contribution in [0.1, 0.15) is 59.3 Å². The molecule has 4 nitrogen and oxygen atoms in total. The normalized spacial score (nSPS) is 40.8. The van der Waals surface area contributed by atoms with E-state index in [0.717, 1.165) is 37.9 Å². The lowest BCUT2D eigenvalue weighted by atomic mass is 9.48. The highest BCUT2D eigenvalue weighted by Crippen LogP contribution is 2.64. The fourth-order valence-corrected chi connectivity index (χ4v) is 6.74. The van der Waals surface area contributed by atoms with Gasteiger partial charge in [0.05, 0.1) is 12.9 Å². The maximum absolute atomic E-state index is 13.5. The molecule has 0 aromatic rings. The molecule has 5 atom stereocenters. The molecule has 4 heteroatoms. The van der Waals surface area contributed by atoms with Gasteiger partial charge in [-0.1, -0.05) is 25.5 Å². The minimum Gasteiger partial charge on any atom is -0.501 e. The lowest BCUT2D eigenvalue weighted by molar-refractivity contribution is -0.141. The van der Waals surface area contributed by atoms with E-state index in [2.05, 4.69) is 32.1 Å². The standard InChI is InChI=1S/C24H32O4/c1-15(25)28-12-10-16-6-8-20-19-7-5-17-13-18(27-4)9-11-23(17,2)22(19)21(26)14-24(16,20)3/h5,10,13,19-20,22H,6-9,11-12,14H2,1-4H3/t19-,20-,22+,23-,24+/m0/s1. The fourth-order valence-electron chi connectivity index (χ4n) is 6.74. The van der Waals surface area contributed by atoms with E-state index in [4.69, 9.17) is 9.47 Å². The Bertz CT molecular complexity index is 788. The summed E-state index contributed by atoms with van der Waals surface area (Å²) in [6.45, 7) is 6.32. The number of esters is 1. The minimum absolute atomic E-state index is 0.0619. The van der Waals surface area contributed by atoms with Gasteiger partial charge in [0.15, 0.2) is 0 Å². The predicted molar refractivity (Wildman–Crippen MR) is 107 cm³/mol. The average molecular weight is 385 g/mol. The molecule has 0 aromatic carbocycles. The number of carbonyl (C=O) groups is 2. The van der Waals surface area contributed by atoms with Crippen LogP contribution in [-0.2, 0) is 19.1 Å². The Morgan fingerprint density at radius 1 is 1.29 bits per heavy atom. The summed E-state index contributed by atoms with van der Waals surface area (Å²) in [4.78, 5) is 24.6. The number of ketones is 1. The van der Waals surface area contributed by atoms with Crippen molar-refractivity contribution in [3.05, 3.63) is 35.1 Å². The van der Waals surface area contributed by atoms with Crippen LogP contribution in [0.4, 0.5) is 0 Å². The molecule has 0 saturated heterocycles. The van der Waals surface area contributed by atoms with E-state index in [1.165, 1.54) is 18.1 Å². The van der Waals surface area contributed by atoms with E-state index in [9.17, 15) is 9.59 Å². The summed E-state index contributed by atoms with van der Waals surface area (Å²) in [5.74, 6) is 2.26. The van der Waals surface area contributed by atoms with Crippen molar-refractivity contribution in [2.45, 2.75) is 59.3 Å². The predicted octanol–water partition coefficient (Wildman–Crippen LogP) is 4.76. The first-order chi connectivity index (χ1) is 13.3. The number of hydrogen-bond acceptors (Lipinski definition) is 4. The van der Waals surface area contributed by atoms with Gasteiger partial charge in [-0.05, 0) is 60.7 Å². The zero-order valence-electron chi connectivity index (χ0n) is 17.5. The second-order valence-electron chi connectivity index (χ2n) is 9.51. The quantitative estimate of drug-likeness (QED) is 0.520. The third-order valence-electron chi connectivity index (χ3n) is 8.15. The maximum Gasteiger partial charge on any atom is 0.302 e. The van der Waals surface area contributed by atoms with Crippen LogP contribution >= 0.6 is 0 Å². The van der Waals surface area contributed by atoms with Crippen molar-refractivity contribution >= 4 is 11.8 Å². The fraction of sp³-hybridized carbons (Fsp3) is 0.667. The van der Waals surface area contributed by atoms with Crippen LogP contribution in [0.15, 0.2) is 35.1 Å². The van der Waals surface area contributed by atoms with Crippen molar-refractivity contribution < 1.29 is 19.1 Å². The highest BCUT2D eigenvalue weighted by atomic mass is 16.5. The second kappa shape index (κ2) is 6.89. The number of Topliss-reactive ketones (excluding diaryl/α,β-unsaturated/α-hetero) is 1. The van der Waals surface area contributed by atoms with Gasteiger partial charge >= 0.3 is 5.97 Å². The number of hydrogen-bond donors (Lipinski definition) is 0. The molecule has 0 aliphatic heterocycles. The number of ether oxygens (including phenoxy) is 2. The Hall–Kier alpha value is -1.84. The number of methoxy groups -OCH3 is 1. The van der Waals surface area contributed by atoms with Gasteiger partial charge in [-0.3, -0.25) is 9.59 Å². The third kappa shape index (κ3) is 2.87. The largest absolute Gasteiger partial charge is 0.501 e. The molecule has 0 radical (unpaired) electrons. The molecule has 28 heavy (non-hydrogen) atoms. The summed E-state index contributed by atoms with van der Waals surface area (Å²) >= 11 is 0. The van der Waals surface area contributed by atoms with E-state index in [1.54, 1.807) is 7.11 Å². The Balaban J connectivity index is 1.65. The van der Waals surface area contributed by atoms with E-state index in [-0.39, 0.29) is 22.7 Å². The summed E-state index contributed by atoms with van der Waals surface area (Å²) in [6.07, 6.45) is 12.3. The summed E-state index contributed by atoms with van der Waals surface area (Å²) in [5, 5.41) is 0. The Kier molecular flexibility index (Phi) is 4.79. The SMILES string of the molecule is COC1=CC2=CC[C@@H]3[C@H](C(=O)C[C@]4(C)C(=CCOC(C)=O)CC[C@@H]34)[C@@]2(C)CC1. The topological polar surface area (TPSA) is 52.6 Å². The highest BCUT2D eigenvalue weighted by Gasteiger charge is 2.60. The van der Waals surface area contributed by atoms with E-state index in [1.807, 2.05) is 0 Å². The molecule has 0 spiro atoms. The minimum atomic E-state index is -0.255. The van der Waals surface area contributed by atoms with Crippen LogP contribution in [-0.4, -0.2) is 25.5 Å². The van der Waals surface area contributed by atoms with Crippen molar-refractivity contribution in [1.29, 1.82) is 0 Å². The zero-order chi connectivity index (χ0) is 20.1. The van der Waals surface area contributed by atoms with E-state index >= 15 is 0 Å².